The van der Waals surface area contributed by atoms with E-state index in [9.17, 15) is 9.59 Å². The molecular weight excluding hydrogens is 304 g/mol. The van der Waals surface area contributed by atoms with Crippen LogP contribution in [0.25, 0.3) is 0 Å². The Morgan fingerprint density at radius 1 is 0.875 bits per heavy atom. The Kier molecular flexibility index (Phi) is 4.62. The second-order valence-corrected chi connectivity index (χ2v) is 4.93. The summed E-state index contributed by atoms with van der Waals surface area (Å²) in [5, 5.41) is 5.24. The molecule has 0 N–H and O–H groups in total. The molecule has 3 rings (SSSR count). The van der Waals surface area contributed by atoms with E-state index in [0.29, 0.717) is 11.1 Å². The Morgan fingerprint density at radius 2 is 1.50 bits per heavy atom. The van der Waals surface area contributed by atoms with Crippen LogP contribution in [0.1, 0.15) is 20.7 Å². The number of ether oxygens (including phenoxy) is 1. The van der Waals surface area contributed by atoms with Crippen LogP contribution in [0.5, 0.6) is 0 Å². The van der Waals surface area contributed by atoms with Crippen LogP contribution >= 0.6 is 0 Å². The quantitative estimate of drug-likeness (QED) is 0.815. The highest BCUT2D eigenvalue weighted by molar-refractivity contribution is 5.96. The summed E-state index contributed by atoms with van der Waals surface area (Å²) in [5.74, 6) is -0.500. The number of nitrogens with zero attached hydrogens (tertiary/aromatic N) is 2. The van der Waals surface area contributed by atoms with Crippen LogP contribution in [0.2, 0.25) is 0 Å². The highest BCUT2D eigenvalue weighted by atomic mass is 16.5. The molecule has 2 aromatic rings. The van der Waals surface area contributed by atoms with Gasteiger partial charge in [0.1, 0.15) is 0 Å². The number of carbonyl (C=O) groups is 2. The highest BCUT2D eigenvalue weighted by Crippen LogP contribution is 2.11. The first kappa shape index (κ1) is 15.4. The Balaban J connectivity index is 1.69. The second-order valence-electron chi connectivity index (χ2n) is 4.93. The van der Waals surface area contributed by atoms with Gasteiger partial charge in [0.2, 0.25) is 0 Å². The summed E-state index contributed by atoms with van der Waals surface area (Å²) >= 11 is 0. The molecule has 0 atom stereocenters. The number of carbonyl (C=O) groups excluding carboxylic acids is 2. The first-order valence-corrected chi connectivity index (χ1v) is 7.32. The SMILES string of the molecule is O=C(OC1=CC=CN(C(=O)c2ccccc2)N=C1)c1ccccc1. The van der Waals surface area contributed by atoms with E-state index in [-0.39, 0.29) is 11.7 Å². The lowest BCUT2D eigenvalue weighted by Gasteiger charge is -2.11. The van der Waals surface area contributed by atoms with Crippen molar-refractivity contribution < 1.29 is 14.3 Å². The van der Waals surface area contributed by atoms with E-state index in [4.69, 9.17) is 4.74 Å². The molecular formula is C19H14N2O3. The van der Waals surface area contributed by atoms with Gasteiger partial charge in [-0.3, -0.25) is 4.79 Å². The third-order valence-electron chi connectivity index (χ3n) is 3.25. The minimum atomic E-state index is -0.482. The minimum Gasteiger partial charge on any atom is -0.421 e. The van der Waals surface area contributed by atoms with E-state index in [0.717, 1.165) is 0 Å². The summed E-state index contributed by atoms with van der Waals surface area (Å²) < 4.78 is 5.27. The van der Waals surface area contributed by atoms with Crippen LogP contribution in [0, 0.1) is 0 Å². The predicted molar refractivity (Wildman–Crippen MR) is 90.2 cm³/mol. The van der Waals surface area contributed by atoms with E-state index in [1.807, 2.05) is 12.1 Å². The lowest BCUT2D eigenvalue weighted by Crippen LogP contribution is -2.20. The van der Waals surface area contributed by atoms with Crippen molar-refractivity contribution in [2.75, 3.05) is 0 Å². The molecule has 24 heavy (non-hydrogen) atoms. The number of rotatable bonds is 3. The first-order chi connectivity index (χ1) is 11.7. The van der Waals surface area contributed by atoms with Crippen molar-refractivity contribution in [3.63, 3.8) is 0 Å². The maximum absolute atomic E-state index is 12.3. The fourth-order valence-corrected chi connectivity index (χ4v) is 2.05. The van der Waals surface area contributed by atoms with Crippen molar-refractivity contribution in [1.82, 2.24) is 5.01 Å². The summed E-state index contributed by atoms with van der Waals surface area (Å²) in [7, 11) is 0. The van der Waals surface area contributed by atoms with E-state index >= 15 is 0 Å². The van der Waals surface area contributed by atoms with Gasteiger partial charge in [0.25, 0.3) is 5.91 Å². The topological polar surface area (TPSA) is 59.0 Å². The summed E-state index contributed by atoms with van der Waals surface area (Å²) in [6.07, 6.45) is 6.01. The molecule has 0 radical (unpaired) electrons. The fourth-order valence-electron chi connectivity index (χ4n) is 2.05. The minimum absolute atomic E-state index is 0.253. The number of hydrazone groups is 1. The molecule has 0 unspecified atom stereocenters. The summed E-state index contributed by atoms with van der Waals surface area (Å²) in [5.41, 5.74) is 0.960. The molecule has 1 aliphatic heterocycles. The monoisotopic (exact) mass is 318 g/mol. The van der Waals surface area contributed by atoms with Crippen molar-refractivity contribution in [3.8, 4) is 0 Å². The van der Waals surface area contributed by atoms with Gasteiger partial charge in [0.15, 0.2) is 5.76 Å². The molecule has 0 saturated carbocycles. The molecule has 1 amide bonds. The lowest BCUT2D eigenvalue weighted by molar-refractivity contribution is 0.0645. The highest BCUT2D eigenvalue weighted by Gasteiger charge is 2.14. The van der Waals surface area contributed by atoms with E-state index in [2.05, 4.69) is 5.10 Å². The Morgan fingerprint density at radius 3 is 2.17 bits per heavy atom. The van der Waals surface area contributed by atoms with Gasteiger partial charge in [-0.05, 0) is 36.4 Å². The van der Waals surface area contributed by atoms with Crippen molar-refractivity contribution in [1.29, 1.82) is 0 Å². The number of amides is 1. The Bertz CT molecular complexity index is 824. The predicted octanol–water partition coefficient (Wildman–Crippen LogP) is 3.38. The van der Waals surface area contributed by atoms with Crippen LogP contribution in [0.4, 0.5) is 0 Å². The molecule has 0 fully saturated rings. The molecule has 0 spiro atoms. The third-order valence-corrected chi connectivity index (χ3v) is 3.25. The molecule has 5 heteroatoms. The van der Waals surface area contributed by atoms with Gasteiger partial charge < -0.3 is 4.74 Å². The van der Waals surface area contributed by atoms with Crippen molar-refractivity contribution in [2.45, 2.75) is 0 Å². The average molecular weight is 318 g/mol. The molecule has 2 aromatic carbocycles. The van der Waals surface area contributed by atoms with Crippen molar-refractivity contribution in [2.24, 2.45) is 5.10 Å². The van der Waals surface area contributed by atoms with E-state index in [1.165, 1.54) is 17.4 Å². The second kappa shape index (κ2) is 7.19. The van der Waals surface area contributed by atoms with Crippen molar-refractivity contribution >= 4 is 18.1 Å². The molecule has 1 aliphatic rings. The molecule has 0 aliphatic carbocycles. The maximum atomic E-state index is 12.3. The summed E-state index contributed by atoms with van der Waals surface area (Å²) in [6, 6.07) is 17.5. The molecule has 118 valence electrons. The normalized spacial score (nSPS) is 13.2. The smallest absolute Gasteiger partial charge is 0.343 e. The van der Waals surface area contributed by atoms with Gasteiger partial charge in [-0.15, -0.1) is 0 Å². The molecule has 0 bridgehead atoms. The first-order valence-electron chi connectivity index (χ1n) is 7.32. The zero-order valence-corrected chi connectivity index (χ0v) is 12.7. The fraction of sp³-hybridized carbons (Fsp3) is 0. The number of hydrogen-bond acceptors (Lipinski definition) is 4. The zero-order chi connectivity index (χ0) is 16.8. The average Bonchev–Trinajstić information content (AvgIpc) is 2.88. The maximum Gasteiger partial charge on any atom is 0.343 e. The van der Waals surface area contributed by atoms with E-state index < -0.39 is 5.97 Å². The molecule has 1 heterocycles. The number of hydrogen-bond donors (Lipinski definition) is 0. The zero-order valence-electron chi connectivity index (χ0n) is 12.7. The Labute approximate surface area is 139 Å². The van der Waals surface area contributed by atoms with E-state index in [1.54, 1.807) is 60.7 Å². The lowest BCUT2D eigenvalue weighted by atomic mass is 10.2. The number of benzene rings is 2. The van der Waals surface area contributed by atoms with Gasteiger partial charge in [-0.2, -0.15) is 5.10 Å². The van der Waals surface area contributed by atoms with Crippen LogP contribution in [0.3, 0.4) is 0 Å². The van der Waals surface area contributed by atoms with Gasteiger partial charge in [-0.25, -0.2) is 9.80 Å². The van der Waals surface area contributed by atoms with Crippen LogP contribution in [-0.4, -0.2) is 23.1 Å². The number of allylic oxidation sites excluding steroid dienone is 3. The van der Waals surface area contributed by atoms with Crippen LogP contribution in [-0.2, 0) is 4.74 Å². The van der Waals surface area contributed by atoms with Crippen LogP contribution < -0.4 is 0 Å². The Hall–Kier alpha value is -3.47. The molecule has 0 saturated heterocycles. The largest absolute Gasteiger partial charge is 0.421 e. The number of esters is 1. The van der Waals surface area contributed by atoms with Gasteiger partial charge in [-0.1, -0.05) is 36.4 Å². The van der Waals surface area contributed by atoms with Gasteiger partial charge >= 0.3 is 5.97 Å². The van der Waals surface area contributed by atoms with Gasteiger partial charge in [0.05, 0.1) is 11.8 Å². The van der Waals surface area contributed by atoms with Gasteiger partial charge in [0, 0.05) is 11.8 Å². The summed E-state index contributed by atoms with van der Waals surface area (Å²) in [6.45, 7) is 0. The summed E-state index contributed by atoms with van der Waals surface area (Å²) in [4.78, 5) is 24.4. The van der Waals surface area contributed by atoms with Crippen LogP contribution in [0.15, 0.2) is 89.9 Å². The third kappa shape index (κ3) is 3.64. The standard InChI is InChI=1S/C19H14N2O3/c22-18(15-8-3-1-4-9-15)21-13-7-12-17(14-20-21)24-19(23)16-10-5-2-6-11-16/h1-14H. The molecule has 0 aromatic heterocycles. The molecule has 5 nitrogen and oxygen atoms in total. The van der Waals surface area contributed by atoms with Crippen molar-refractivity contribution in [3.05, 3.63) is 95.9 Å².